The molecular formula is C75H57BrCl3F3N14O11S. The van der Waals surface area contributed by atoms with Gasteiger partial charge in [0.25, 0.3) is 0 Å². The van der Waals surface area contributed by atoms with Crippen molar-refractivity contribution in [1.29, 1.82) is 15.8 Å². The highest BCUT2D eigenvalue weighted by Gasteiger charge is 2.20. The third-order valence-electron chi connectivity index (χ3n) is 13.7. The predicted molar refractivity (Wildman–Crippen MR) is 414 cm³/mol. The normalized spacial score (nSPS) is 10.0. The van der Waals surface area contributed by atoms with Gasteiger partial charge in [-0.2, -0.15) is 20.2 Å². The highest BCUT2D eigenvalue weighted by Crippen LogP contribution is 2.35. The Kier molecular flexibility index (Phi) is 30.5. The molecule has 0 heterocycles. The molecule has 0 radical (unpaired) electrons. The van der Waals surface area contributed by atoms with Crippen LogP contribution in [0, 0.1) is 51.4 Å². The number of carbonyl (C=O) groups is 5. The Hall–Kier alpha value is -13.7. The Balaban J connectivity index is 0.000000191. The fraction of sp³-hybridized carbons (Fsp3) is 0.0133. The molecule has 0 saturated carbocycles. The second kappa shape index (κ2) is 40.4. The van der Waals surface area contributed by atoms with E-state index >= 15 is 0 Å². The van der Waals surface area contributed by atoms with Gasteiger partial charge in [-0.1, -0.05) is 150 Å². The van der Waals surface area contributed by atoms with Gasteiger partial charge in [-0.05, 0) is 149 Å². The van der Waals surface area contributed by atoms with Gasteiger partial charge >= 0.3 is 30.2 Å². The largest absolute Gasteiger partial charge is 0.504 e. The highest BCUT2D eigenvalue weighted by atomic mass is 79.9. The van der Waals surface area contributed by atoms with Crippen LogP contribution in [0.2, 0.25) is 15.1 Å². The molecule has 11 rings (SSSR count). The first-order valence-corrected chi connectivity index (χ1v) is 34.4. The fourth-order valence-electron chi connectivity index (χ4n) is 8.70. The molecule has 0 aromatic heterocycles. The number of carbonyl (C=O) groups excluding carboxylic acids is 5. The SMILES string of the molecule is N#Cc1c(Cl)ccc(NC(=O)Nc2ccccc2Br)c1O.N#Cc1ccc(NC(=O)Nc2cccc(Cl)c2Cl)c(NS(=O)(=O)Cc2ccccc2)c1.N#Cc1cccc(NC(=O)Nc2ccccc2)c1O.O=C(Nc1ccccc1)Nc1ccc(F)c(F)c1O.O=C(Nc1ccccc1)Nc1cccc(F)c1O. The van der Waals surface area contributed by atoms with E-state index in [9.17, 15) is 66.0 Å². The van der Waals surface area contributed by atoms with Crippen LogP contribution in [0.15, 0.2) is 247 Å². The molecule has 0 saturated heterocycles. The minimum absolute atomic E-state index is 0.0171. The van der Waals surface area contributed by atoms with Crippen molar-refractivity contribution in [3.8, 4) is 41.2 Å². The average Bonchev–Trinajstić information content (AvgIpc) is 0.836. The van der Waals surface area contributed by atoms with Gasteiger partial charge in [-0.3, -0.25) is 4.72 Å². The monoisotopic (exact) mass is 1600 g/mol. The molecule has 0 aliphatic carbocycles. The third kappa shape index (κ3) is 25.3. The van der Waals surface area contributed by atoms with Gasteiger partial charge < -0.3 is 73.6 Å². The molecule has 0 fully saturated rings. The van der Waals surface area contributed by atoms with Crippen molar-refractivity contribution in [1.82, 2.24) is 0 Å². The smallest absolute Gasteiger partial charge is 0.323 e. The van der Waals surface area contributed by atoms with E-state index in [0.717, 1.165) is 22.7 Å². The first-order chi connectivity index (χ1) is 51.7. The van der Waals surface area contributed by atoms with Gasteiger partial charge in [0.15, 0.2) is 34.6 Å². The number of hydrogen-bond donors (Lipinski definition) is 15. The number of benzene rings is 11. The summed E-state index contributed by atoms with van der Waals surface area (Å²) in [6, 6.07) is 66.8. The van der Waals surface area contributed by atoms with E-state index < -0.39 is 69.1 Å². The Morgan fingerprint density at radius 1 is 0.380 bits per heavy atom. The van der Waals surface area contributed by atoms with Crippen molar-refractivity contribution in [2.45, 2.75) is 5.75 Å². The second-order valence-electron chi connectivity index (χ2n) is 21.4. The van der Waals surface area contributed by atoms with Crippen LogP contribution in [0.3, 0.4) is 0 Å². The maximum atomic E-state index is 13.1. The number of nitrogens with zero attached hydrogens (tertiary/aromatic N) is 3. The molecule has 25 nitrogen and oxygen atoms in total. The number of phenols is 4. The zero-order valence-corrected chi connectivity index (χ0v) is 60.0. The highest BCUT2D eigenvalue weighted by molar-refractivity contribution is 9.10. The van der Waals surface area contributed by atoms with E-state index in [1.54, 1.807) is 158 Å². The number of nitriles is 3. The van der Waals surface area contributed by atoms with Crippen LogP contribution in [0.5, 0.6) is 23.0 Å². The number of nitrogens with one attached hydrogen (secondary N) is 11. The topological polar surface area (TPSA) is 404 Å². The molecule has 0 aliphatic rings. The van der Waals surface area contributed by atoms with Crippen LogP contribution in [-0.2, 0) is 15.8 Å². The van der Waals surface area contributed by atoms with Crippen molar-refractivity contribution >= 4 is 153 Å². The molecule has 11 aromatic rings. The van der Waals surface area contributed by atoms with Crippen LogP contribution in [0.1, 0.15) is 22.3 Å². The number of rotatable bonds is 14. The molecule has 10 amide bonds. The Morgan fingerprint density at radius 2 is 0.796 bits per heavy atom. The summed E-state index contributed by atoms with van der Waals surface area (Å²) in [6.07, 6.45) is 0. The quantitative estimate of drug-likeness (QED) is 0.0450. The van der Waals surface area contributed by atoms with E-state index in [2.05, 4.69) is 73.8 Å². The van der Waals surface area contributed by atoms with Crippen LogP contribution in [-0.4, -0.2) is 59.0 Å². The van der Waals surface area contributed by atoms with E-state index in [0.29, 0.717) is 28.3 Å². The molecule has 0 unspecified atom stereocenters. The van der Waals surface area contributed by atoms with Gasteiger partial charge in [-0.25, -0.2) is 41.2 Å². The van der Waals surface area contributed by atoms with Crippen LogP contribution in [0.25, 0.3) is 0 Å². The molecule has 33 heteroatoms. The number of hydrogen-bond acceptors (Lipinski definition) is 14. The fourth-order valence-corrected chi connectivity index (χ4v) is 10.8. The maximum absolute atomic E-state index is 13.1. The summed E-state index contributed by atoms with van der Waals surface area (Å²) < 4.78 is 67.3. The molecule has 11 aromatic carbocycles. The van der Waals surface area contributed by atoms with Crippen molar-refractivity contribution in [3.63, 3.8) is 0 Å². The third-order valence-corrected chi connectivity index (χ3v) is 16.8. The second-order valence-corrected chi connectivity index (χ2v) is 25.2. The number of urea groups is 5. The number of halogens is 7. The number of amides is 10. The number of anilines is 11. The van der Waals surface area contributed by atoms with Crippen molar-refractivity contribution < 1.29 is 66.0 Å². The van der Waals surface area contributed by atoms with Crippen LogP contribution >= 0.6 is 50.7 Å². The summed E-state index contributed by atoms with van der Waals surface area (Å²) in [4.78, 5) is 59.2. The molecule has 15 N–H and O–H groups in total. The first-order valence-electron chi connectivity index (χ1n) is 30.8. The molecule has 0 bridgehead atoms. The molecule has 0 spiro atoms. The van der Waals surface area contributed by atoms with Crippen molar-refractivity contribution in [3.05, 3.63) is 302 Å². The summed E-state index contributed by atoms with van der Waals surface area (Å²) in [7, 11) is -3.81. The molecule has 548 valence electrons. The molecule has 0 atom stereocenters. The van der Waals surface area contributed by atoms with E-state index in [-0.39, 0.29) is 88.8 Å². The lowest BCUT2D eigenvalue weighted by Crippen LogP contribution is -2.22. The average molecular weight is 1610 g/mol. The van der Waals surface area contributed by atoms with E-state index in [1.165, 1.54) is 54.6 Å². The summed E-state index contributed by atoms with van der Waals surface area (Å²) >= 11 is 21.1. The van der Waals surface area contributed by atoms with Crippen molar-refractivity contribution in [2.75, 3.05) is 57.9 Å². The van der Waals surface area contributed by atoms with Gasteiger partial charge in [0, 0.05) is 21.5 Å². The zero-order valence-electron chi connectivity index (χ0n) is 55.3. The zero-order chi connectivity index (χ0) is 78.3. The number of phenolic OH excluding ortho intramolecular Hbond substituents is 4. The van der Waals surface area contributed by atoms with Gasteiger partial charge in [0.05, 0.1) is 83.5 Å². The summed E-state index contributed by atoms with van der Waals surface area (Å²) in [5.41, 5.74) is 3.76. The Bertz CT molecular complexity index is 5290. The van der Waals surface area contributed by atoms with E-state index in [1.807, 2.05) is 30.3 Å². The number of para-hydroxylation sites is 6. The first kappa shape index (κ1) is 81.6. The molecular weight excluding hydrogens is 1550 g/mol. The van der Waals surface area contributed by atoms with Gasteiger partial charge in [0.1, 0.15) is 17.7 Å². The van der Waals surface area contributed by atoms with E-state index in [4.69, 9.17) is 50.6 Å². The number of aromatic hydroxyl groups is 4. The lowest BCUT2D eigenvalue weighted by molar-refractivity contribution is 0.261. The van der Waals surface area contributed by atoms with Crippen LogP contribution in [0.4, 0.5) is 99.7 Å². The minimum Gasteiger partial charge on any atom is -0.504 e. The minimum atomic E-state index is -3.81. The van der Waals surface area contributed by atoms with Crippen LogP contribution < -0.4 is 57.9 Å². The molecule has 0 aliphatic heterocycles. The Morgan fingerprint density at radius 3 is 1.32 bits per heavy atom. The lowest BCUT2D eigenvalue weighted by atomic mass is 10.2. The predicted octanol–water partition coefficient (Wildman–Crippen LogP) is 19.2. The van der Waals surface area contributed by atoms with Gasteiger partial charge in [0.2, 0.25) is 15.8 Å². The van der Waals surface area contributed by atoms with Crippen molar-refractivity contribution in [2.24, 2.45) is 0 Å². The number of sulfonamides is 1. The maximum Gasteiger partial charge on any atom is 0.323 e. The summed E-state index contributed by atoms with van der Waals surface area (Å²) in [6.45, 7) is 0. The Labute approximate surface area is 638 Å². The standard InChI is InChI=1S/C21H16Cl2N4O3S.C14H9BrClN3O2.C14H11N3O2.C13H10F2N2O2.C13H11FN2O2/c22-16-7-4-8-18(20(16)23)26-21(28)25-17-10-9-15(12-24)11-19(17)27-31(29,30)13-14-5-2-1-3-6-14;15-9-3-1-2-4-11(9)18-14(21)19-12-6-5-10(16)8(7-17)13(12)20;15-9-10-5-4-8-12(13(10)18)17-14(19)16-11-6-2-1-3-7-11;14-9-6-7-10(12(18)11(9)15)17-13(19)16-8-4-2-1-3-5-8;14-10-7-4-8-11(12(10)17)16-13(18)15-9-5-2-1-3-6-9/h1-11,27H,13H2,(H2,25,26,28);1-6,20H,(H2,18,19,21);1-8,18H,(H2,16,17,19);1-7,18H,(H2,16,17,19);1-8,17H,(H2,15,16,18). The summed E-state index contributed by atoms with van der Waals surface area (Å²) in [5, 5.41) is 90.6. The lowest BCUT2D eigenvalue weighted by Gasteiger charge is -2.15. The van der Waals surface area contributed by atoms with Gasteiger partial charge in [-0.15, -0.1) is 0 Å². The molecule has 108 heavy (non-hydrogen) atoms. The summed E-state index contributed by atoms with van der Waals surface area (Å²) in [5.74, 6) is -5.78.